The maximum Gasteiger partial charge on any atom is 0.311 e. The molecule has 0 aliphatic carbocycles. The molecule has 0 spiro atoms. The second-order valence-electron chi connectivity index (χ2n) is 3.72. The van der Waals surface area contributed by atoms with Gasteiger partial charge in [0.2, 0.25) is 5.82 Å². The van der Waals surface area contributed by atoms with Crippen molar-refractivity contribution in [2.24, 2.45) is 0 Å². The van der Waals surface area contributed by atoms with Crippen molar-refractivity contribution in [1.29, 1.82) is 0 Å². The highest BCUT2D eigenvalue weighted by Crippen LogP contribution is 2.27. The number of nitro groups is 1. The predicted octanol–water partition coefficient (Wildman–Crippen LogP) is 2.46. The van der Waals surface area contributed by atoms with Crippen molar-refractivity contribution in [1.82, 2.24) is 4.98 Å². The molecule has 1 heterocycles. The van der Waals surface area contributed by atoms with Crippen LogP contribution in [0, 0.1) is 17.0 Å². The molecule has 0 saturated carbocycles. The van der Waals surface area contributed by atoms with Crippen molar-refractivity contribution in [3.05, 3.63) is 27.4 Å². The van der Waals surface area contributed by atoms with Crippen molar-refractivity contribution < 1.29 is 4.92 Å². The molecule has 0 atom stereocenters. The first-order valence-electron chi connectivity index (χ1n) is 4.81. The minimum absolute atomic E-state index is 0.0272. The zero-order chi connectivity index (χ0) is 11.6. The Balaban J connectivity index is 3.35. The van der Waals surface area contributed by atoms with Crippen LogP contribution >= 0.6 is 0 Å². The van der Waals surface area contributed by atoms with Crippen LogP contribution in [0.3, 0.4) is 0 Å². The first-order valence-corrected chi connectivity index (χ1v) is 4.81. The van der Waals surface area contributed by atoms with Gasteiger partial charge in [-0.05, 0) is 18.4 Å². The molecule has 1 N–H and O–H groups in total. The van der Waals surface area contributed by atoms with Crippen molar-refractivity contribution in [3.63, 3.8) is 0 Å². The summed E-state index contributed by atoms with van der Waals surface area (Å²) < 4.78 is 0. The third-order valence-corrected chi connectivity index (χ3v) is 2.21. The van der Waals surface area contributed by atoms with Gasteiger partial charge in [0, 0.05) is 18.8 Å². The van der Waals surface area contributed by atoms with Crippen molar-refractivity contribution in [2.75, 3.05) is 12.4 Å². The van der Waals surface area contributed by atoms with Crippen LogP contribution in [0.2, 0.25) is 0 Å². The molecule has 15 heavy (non-hydrogen) atoms. The van der Waals surface area contributed by atoms with Crippen LogP contribution in [0.25, 0.3) is 0 Å². The molecule has 1 rings (SSSR count). The van der Waals surface area contributed by atoms with Gasteiger partial charge in [-0.15, -0.1) is 0 Å². The summed E-state index contributed by atoms with van der Waals surface area (Å²) in [6.45, 7) is 5.87. The van der Waals surface area contributed by atoms with E-state index in [1.165, 1.54) is 0 Å². The van der Waals surface area contributed by atoms with Gasteiger partial charge in [0.05, 0.1) is 4.92 Å². The summed E-state index contributed by atoms with van der Waals surface area (Å²) in [4.78, 5) is 14.6. The molecule has 0 amide bonds. The van der Waals surface area contributed by atoms with Gasteiger partial charge in [-0.1, -0.05) is 13.8 Å². The van der Waals surface area contributed by atoms with Crippen molar-refractivity contribution >= 4 is 11.5 Å². The lowest BCUT2D eigenvalue weighted by molar-refractivity contribution is -0.384. The van der Waals surface area contributed by atoms with Gasteiger partial charge in [-0.25, -0.2) is 4.98 Å². The molecular formula is C10H15N3O2. The average molecular weight is 209 g/mol. The lowest BCUT2D eigenvalue weighted by Crippen LogP contribution is -2.05. The van der Waals surface area contributed by atoms with Gasteiger partial charge in [0.15, 0.2) is 0 Å². The largest absolute Gasteiger partial charge is 0.367 e. The van der Waals surface area contributed by atoms with Crippen molar-refractivity contribution in [2.45, 2.75) is 26.7 Å². The summed E-state index contributed by atoms with van der Waals surface area (Å²) in [5.74, 6) is 0.590. The van der Waals surface area contributed by atoms with Crippen LogP contribution in [-0.2, 0) is 0 Å². The Bertz CT molecular complexity index is 388. The Hall–Kier alpha value is -1.65. The Morgan fingerprint density at radius 2 is 2.13 bits per heavy atom. The van der Waals surface area contributed by atoms with Crippen LogP contribution in [0.5, 0.6) is 0 Å². The summed E-state index contributed by atoms with van der Waals surface area (Å²) in [7, 11) is 1.63. The molecule has 0 aliphatic rings. The van der Waals surface area contributed by atoms with Gasteiger partial charge in [-0.3, -0.25) is 10.1 Å². The summed E-state index contributed by atoms with van der Waals surface area (Å²) in [6.07, 6.45) is 0. The smallest absolute Gasteiger partial charge is 0.311 e. The molecule has 0 saturated heterocycles. The van der Waals surface area contributed by atoms with E-state index in [0.29, 0.717) is 5.82 Å². The lowest BCUT2D eigenvalue weighted by atomic mass is 10.0. The predicted molar refractivity (Wildman–Crippen MR) is 59.3 cm³/mol. The minimum atomic E-state index is -0.421. The van der Waals surface area contributed by atoms with E-state index in [0.717, 1.165) is 11.3 Å². The fraction of sp³-hybridized carbons (Fsp3) is 0.500. The fourth-order valence-corrected chi connectivity index (χ4v) is 1.52. The minimum Gasteiger partial charge on any atom is -0.367 e. The second kappa shape index (κ2) is 4.25. The zero-order valence-corrected chi connectivity index (χ0v) is 9.37. The van der Waals surface area contributed by atoms with Crippen LogP contribution < -0.4 is 5.32 Å². The Morgan fingerprint density at radius 3 is 2.53 bits per heavy atom. The van der Waals surface area contributed by atoms with Crippen molar-refractivity contribution in [3.8, 4) is 0 Å². The van der Waals surface area contributed by atoms with Crippen LogP contribution in [0.1, 0.15) is 31.0 Å². The Kier molecular flexibility index (Phi) is 3.24. The summed E-state index contributed by atoms with van der Waals surface area (Å²) in [5, 5.41) is 13.5. The maximum absolute atomic E-state index is 10.7. The first-order chi connectivity index (χ1) is 6.97. The topological polar surface area (TPSA) is 68.1 Å². The molecular weight excluding hydrogens is 194 g/mol. The van der Waals surface area contributed by atoms with Gasteiger partial charge >= 0.3 is 5.69 Å². The van der Waals surface area contributed by atoms with Gasteiger partial charge in [-0.2, -0.15) is 0 Å². The molecule has 0 unspecified atom stereocenters. The number of nitrogens with one attached hydrogen (secondary N) is 1. The summed E-state index contributed by atoms with van der Waals surface area (Å²) in [5.41, 5.74) is 1.78. The molecule has 0 bridgehead atoms. The molecule has 0 fully saturated rings. The first kappa shape index (κ1) is 11.4. The molecule has 1 aromatic heterocycles. The number of pyridine rings is 1. The maximum atomic E-state index is 10.7. The normalized spacial score (nSPS) is 10.5. The van der Waals surface area contributed by atoms with E-state index >= 15 is 0 Å². The van der Waals surface area contributed by atoms with Crippen LogP contribution in [0.4, 0.5) is 11.5 Å². The van der Waals surface area contributed by atoms with Gasteiger partial charge in [0.1, 0.15) is 0 Å². The van der Waals surface area contributed by atoms with E-state index in [-0.39, 0.29) is 11.6 Å². The highest BCUT2D eigenvalue weighted by atomic mass is 16.6. The highest BCUT2D eigenvalue weighted by Gasteiger charge is 2.18. The number of hydrogen-bond donors (Lipinski definition) is 1. The number of aryl methyl sites for hydroxylation is 1. The second-order valence-corrected chi connectivity index (χ2v) is 3.72. The van der Waals surface area contributed by atoms with E-state index in [1.807, 2.05) is 20.8 Å². The number of hydrogen-bond acceptors (Lipinski definition) is 4. The monoisotopic (exact) mass is 209 g/mol. The van der Waals surface area contributed by atoms with E-state index in [1.54, 1.807) is 13.1 Å². The standard InChI is InChI=1S/C10H15N3O2/c1-6(2)9-7(3)5-8(13(14)15)10(11-4)12-9/h5-6H,1-4H3,(H,11,12). The van der Waals surface area contributed by atoms with E-state index in [4.69, 9.17) is 0 Å². The third-order valence-electron chi connectivity index (χ3n) is 2.21. The molecule has 0 aromatic carbocycles. The zero-order valence-electron chi connectivity index (χ0n) is 9.37. The number of nitrogens with zero attached hydrogens (tertiary/aromatic N) is 2. The average Bonchev–Trinajstić information content (AvgIpc) is 2.16. The molecule has 5 nitrogen and oxygen atoms in total. The van der Waals surface area contributed by atoms with Gasteiger partial charge in [0.25, 0.3) is 0 Å². The Morgan fingerprint density at radius 1 is 1.53 bits per heavy atom. The SMILES string of the molecule is CNc1nc(C(C)C)c(C)cc1[N+](=O)[O-]. The Labute approximate surface area is 88.7 Å². The van der Waals surface area contributed by atoms with E-state index in [9.17, 15) is 10.1 Å². The van der Waals surface area contributed by atoms with E-state index < -0.39 is 4.92 Å². The summed E-state index contributed by atoms with van der Waals surface area (Å²) >= 11 is 0. The fourth-order valence-electron chi connectivity index (χ4n) is 1.52. The van der Waals surface area contributed by atoms with Gasteiger partial charge < -0.3 is 5.32 Å². The molecule has 0 radical (unpaired) electrons. The molecule has 1 aromatic rings. The molecule has 0 aliphatic heterocycles. The summed E-state index contributed by atoms with van der Waals surface area (Å²) in [6, 6.07) is 1.56. The number of aromatic nitrogens is 1. The molecule has 82 valence electrons. The number of rotatable bonds is 3. The quantitative estimate of drug-likeness (QED) is 0.613. The van der Waals surface area contributed by atoms with Crippen LogP contribution in [0.15, 0.2) is 6.07 Å². The number of anilines is 1. The molecule has 5 heteroatoms. The highest BCUT2D eigenvalue weighted by molar-refractivity contribution is 5.57. The third kappa shape index (κ3) is 2.23. The van der Waals surface area contributed by atoms with Crippen LogP contribution in [-0.4, -0.2) is 17.0 Å². The lowest BCUT2D eigenvalue weighted by Gasteiger charge is -2.10. The van der Waals surface area contributed by atoms with E-state index in [2.05, 4.69) is 10.3 Å².